The summed E-state index contributed by atoms with van der Waals surface area (Å²) >= 11 is 0. The first-order valence-electron chi connectivity index (χ1n) is 11.8. The zero-order valence-electron chi connectivity index (χ0n) is 20.0. The molecule has 2 aromatic carbocycles. The highest BCUT2D eigenvalue weighted by molar-refractivity contribution is 5.98. The molecule has 190 valence electrons. The number of aliphatic carboxylic acids is 1. The molecule has 0 aromatic heterocycles. The van der Waals surface area contributed by atoms with E-state index in [9.17, 15) is 29.6 Å². The maximum Gasteiger partial charge on any atom is 0.414 e. The van der Waals surface area contributed by atoms with Gasteiger partial charge in [0.15, 0.2) is 0 Å². The number of nitrogens with one attached hydrogen (secondary N) is 1. The van der Waals surface area contributed by atoms with Crippen molar-refractivity contribution in [1.29, 1.82) is 0 Å². The van der Waals surface area contributed by atoms with Crippen LogP contribution in [0.1, 0.15) is 42.6 Å². The molecule has 4 rings (SSSR count). The van der Waals surface area contributed by atoms with Crippen LogP contribution in [0.25, 0.3) is 0 Å². The molecule has 0 saturated carbocycles. The smallest absolute Gasteiger partial charge is 0.414 e. The highest BCUT2D eigenvalue weighted by Crippen LogP contribution is 2.35. The Balaban J connectivity index is 1.50. The Labute approximate surface area is 207 Å². The van der Waals surface area contributed by atoms with Gasteiger partial charge in [0.25, 0.3) is 11.6 Å². The fraction of sp³-hybridized carbons (Fsp3) is 0.400. The van der Waals surface area contributed by atoms with Crippen molar-refractivity contribution in [3.8, 4) is 0 Å². The number of anilines is 2. The van der Waals surface area contributed by atoms with Gasteiger partial charge in [-0.1, -0.05) is 32.0 Å². The van der Waals surface area contributed by atoms with Crippen molar-refractivity contribution >= 4 is 35.0 Å². The van der Waals surface area contributed by atoms with E-state index in [0.29, 0.717) is 31.6 Å². The Morgan fingerprint density at radius 1 is 1.14 bits per heavy atom. The standard InChI is InChI=1S/C25H28N4O7/c1-15(2)22(24(31)32)26-23(30)16-7-8-20(21(13-16)29(34)35)27-11-9-18(10-12-27)28-19-6-4-3-5-17(19)14-36-25(28)33/h3-8,13,15,18,22H,9-12,14H2,1-2H3,(H,26,30)(H,31,32)/t22-/m0/s1. The molecule has 2 aliphatic rings. The summed E-state index contributed by atoms with van der Waals surface area (Å²) in [4.78, 5) is 51.4. The number of ether oxygens (including phenoxy) is 1. The summed E-state index contributed by atoms with van der Waals surface area (Å²) in [5.41, 5.74) is 1.91. The van der Waals surface area contributed by atoms with Gasteiger partial charge in [0.1, 0.15) is 18.3 Å². The lowest BCUT2D eigenvalue weighted by Crippen LogP contribution is -2.49. The normalized spacial score (nSPS) is 16.8. The van der Waals surface area contributed by atoms with Gasteiger partial charge < -0.3 is 20.1 Å². The Kier molecular flexibility index (Phi) is 7.09. The quantitative estimate of drug-likeness (QED) is 0.438. The number of nitro groups is 1. The predicted octanol–water partition coefficient (Wildman–Crippen LogP) is 3.56. The average molecular weight is 497 g/mol. The van der Waals surface area contributed by atoms with Gasteiger partial charge in [-0.3, -0.25) is 19.8 Å². The average Bonchev–Trinajstić information content (AvgIpc) is 2.86. The van der Waals surface area contributed by atoms with Crippen molar-refractivity contribution in [2.75, 3.05) is 22.9 Å². The molecule has 2 aromatic rings. The lowest BCUT2D eigenvalue weighted by molar-refractivity contribution is -0.384. The zero-order chi connectivity index (χ0) is 26.0. The van der Waals surface area contributed by atoms with Gasteiger partial charge in [0.05, 0.1) is 10.6 Å². The number of hydrogen-bond acceptors (Lipinski definition) is 7. The number of rotatable bonds is 7. The van der Waals surface area contributed by atoms with Crippen LogP contribution in [-0.2, 0) is 16.1 Å². The van der Waals surface area contributed by atoms with E-state index < -0.39 is 28.9 Å². The number of carbonyl (C=O) groups is 3. The maximum absolute atomic E-state index is 12.6. The van der Waals surface area contributed by atoms with E-state index >= 15 is 0 Å². The monoisotopic (exact) mass is 496 g/mol. The number of benzene rings is 2. The van der Waals surface area contributed by atoms with Crippen molar-refractivity contribution in [3.05, 3.63) is 63.7 Å². The molecule has 1 saturated heterocycles. The van der Waals surface area contributed by atoms with Gasteiger partial charge in [0.2, 0.25) is 0 Å². The SMILES string of the molecule is CC(C)[C@H](NC(=O)c1ccc(N2CCC(N3C(=O)OCc4ccccc43)CC2)c([N+](=O)[O-])c1)C(=O)O. The first-order valence-corrected chi connectivity index (χ1v) is 11.8. The van der Waals surface area contributed by atoms with Crippen molar-refractivity contribution in [2.24, 2.45) is 5.92 Å². The summed E-state index contributed by atoms with van der Waals surface area (Å²) < 4.78 is 5.33. The summed E-state index contributed by atoms with van der Waals surface area (Å²) in [6.07, 6.45) is 0.768. The van der Waals surface area contributed by atoms with Crippen molar-refractivity contribution in [1.82, 2.24) is 5.32 Å². The molecule has 2 aliphatic heterocycles. The topological polar surface area (TPSA) is 142 Å². The molecule has 1 fully saturated rings. The third-order valence-corrected chi connectivity index (χ3v) is 6.62. The molecule has 2 N–H and O–H groups in total. The molecular formula is C25H28N4O7. The minimum absolute atomic E-state index is 0.0138. The van der Waals surface area contributed by atoms with Gasteiger partial charge >= 0.3 is 12.1 Å². The van der Waals surface area contributed by atoms with E-state index in [1.165, 1.54) is 18.2 Å². The molecule has 2 heterocycles. The van der Waals surface area contributed by atoms with Gasteiger partial charge in [-0.25, -0.2) is 9.59 Å². The number of piperidine rings is 1. The second-order valence-corrected chi connectivity index (χ2v) is 9.27. The number of para-hydroxylation sites is 1. The van der Waals surface area contributed by atoms with Crippen LogP contribution >= 0.6 is 0 Å². The van der Waals surface area contributed by atoms with E-state index in [4.69, 9.17) is 4.74 Å². The van der Waals surface area contributed by atoms with Crippen LogP contribution in [0, 0.1) is 16.0 Å². The fourth-order valence-electron chi connectivity index (χ4n) is 4.70. The van der Waals surface area contributed by atoms with Gasteiger partial charge in [-0.15, -0.1) is 0 Å². The van der Waals surface area contributed by atoms with Crippen LogP contribution < -0.4 is 15.1 Å². The number of amides is 2. The number of carbonyl (C=O) groups excluding carboxylic acids is 2. The number of hydrogen-bond donors (Lipinski definition) is 2. The van der Waals surface area contributed by atoms with Crippen LogP contribution in [0.4, 0.5) is 21.9 Å². The lowest BCUT2D eigenvalue weighted by atomic mass is 9.99. The zero-order valence-corrected chi connectivity index (χ0v) is 20.0. The Bertz CT molecular complexity index is 1190. The minimum Gasteiger partial charge on any atom is -0.480 e. The van der Waals surface area contributed by atoms with E-state index in [0.717, 1.165) is 11.3 Å². The van der Waals surface area contributed by atoms with E-state index in [2.05, 4.69) is 5.32 Å². The molecule has 11 nitrogen and oxygen atoms in total. The predicted molar refractivity (Wildman–Crippen MR) is 131 cm³/mol. The summed E-state index contributed by atoms with van der Waals surface area (Å²) in [7, 11) is 0. The molecule has 1 atom stereocenters. The van der Waals surface area contributed by atoms with Gasteiger partial charge in [0, 0.05) is 36.3 Å². The van der Waals surface area contributed by atoms with E-state index in [-0.39, 0.29) is 29.8 Å². The van der Waals surface area contributed by atoms with Crippen LogP contribution in [0.2, 0.25) is 0 Å². The Morgan fingerprint density at radius 2 is 1.83 bits per heavy atom. The van der Waals surface area contributed by atoms with Crippen molar-refractivity contribution < 1.29 is 29.2 Å². The molecule has 0 bridgehead atoms. The molecule has 36 heavy (non-hydrogen) atoms. The van der Waals surface area contributed by atoms with Crippen LogP contribution in [0.3, 0.4) is 0 Å². The molecule has 2 amide bonds. The third-order valence-electron chi connectivity index (χ3n) is 6.62. The highest BCUT2D eigenvalue weighted by Gasteiger charge is 2.35. The second-order valence-electron chi connectivity index (χ2n) is 9.27. The van der Waals surface area contributed by atoms with Crippen LogP contribution in [0.5, 0.6) is 0 Å². The number of nitro benzene ring substituents is 1. The van der Waals surface area contributed by atoms with E-state index in [1.54, 1.807) is 18.7 Å². The molecule has 0 unspecified atom stereocenters. The van der Waals surface area contributed by atoms with Gasteiger partial charge in [-0.2, -0.15) is 0 Å². The third kappa shape index (κ3) is 4.95. The first-order chi connectivity index (χ1) is 17.2. The second kappa shape index (κ2) is 10.2. The largest absolute Gasteiger partial charge is 0.480 e. The fourth-order valence-corrected chi connectivity index (χ4v) is 4.70. The number of cyclic esters (lactones) is 1. The minimum atomic E-state index is -1.17. The van der Waals surface area contributed by atoms with Crippen molar-refractivity contribution in [2.45, 2.75) is 45.4 Å². The number of nitrogens with zero attached hydrogens (tertiary/aromatic N) is 3. The maximum atomic E-state index is 12.6. The molecule has 11 heteroatoms. The summed E-state index contributed by atoms with van der Waals surface area (Å²) in [6, 6.07) is 10.5. The van der Waals surface area contributed by atoms with E-state index in [1.807, 2.05) is 29.2 Å². The lowest BCUT2D eigenvalue weighted by Gasteiger charge is -2.40. The highest BCUT2D eigenvalue weighted by atomic mass is 16.6. The van der Waals surface area contributed by atoms with Gasteiger partial charge in [-0.05, 0) is 37.0 Å². The summed E-state index contributed by atoms with van der Waals surface area (Å²) in [6.45, 7) is 4.50. The number of fused-ring (bicyclic) bond motifs is 1. The van der Waals surface area contributed by atoms with Crippen LogP contribution in [0.15, 0.2) is 42.5 Å². The molecule has 0 spiro atoms. The summed E-state index contributed by atoms with van der Waals surface area (Å²) in [5, 5.41) is 23.6. The Morgan fingerprint density at radius 3 is 2.47 bits per heavy atom. The molecule has 0 aliphatic carbocycles. The number of carboxylic acids is 1. The summed E-state index contributed by atoms with van der Waals surface area (Å²) in [5.74, 6) is -2.22. The van der Waals surface area contributed by atoms with Crippen LogP contribution in [-0.4, -0.2) is 53.2 Å². The molecule has 0 radical (unpaired) electrons. The van der Waals surface area contributed by atoms with Crippen molar-refractivity contribution in [3.63, 3.8) is 0 Å². The Hall–Kier alpha value is -4.15. The molecular weight excluding hydrogens is 468 g/mol. The number of carboxylic acid groups (broad SMARTS) is 1. The first kappa shape index (κ1) is 25.0.